The molecule has 0 saturated heterocycles. The van der Waals surface area contributed by atoms with Crippen LogP contribution >= 0.6 is 11.6 Å². The Morgan fingerprint density at radius 2 is 1.83 bits per heavy atom. The Labute approximate surface area is 109 Å². The van der Waals surface area contributed by atoms with Gasteiger partial charge in [-0.1, -0.05) is 11.6 Å². The van der Waals surface area contributed by atoms with E-state index in [9.17, 15) is 0 Å². The van der Waals surface area contributed by atoms with Crippen LogP contribution in [0.4, 0.5) is 11.6 Å². The van der Waals surface area contributed by atoms with E-state index in [2.05, 4.69) is 15.3 Å². The average molecular weight is 266 g/mol. The van der Waals surface area contributed by atoms with Crippen LogP contribution in [0.5, 0.6) is 5.75 Å². The second-order valence-corrected chi connectivity index (χ2v) is 3.88. The van der Waals surface area contributed by atoms with E-state index >= 15 is 0 Å². The zero-order chi connectivity index (χ0) is 12.8. The minimum atomic E-state index is -0.00137. The third-order valence-electron chi connectivity index (χ3n) is 2.09. The van der Waals surface area contributed by atoms with Gasteiger partial charge in [0.1, 0.15) is 12.4 Å². The van der Waals surface area contributed by atoms with Gasteiger partial charge in [0.2, 0.25) is 5.95 Å². The molecule has 0 saturated carbocycles. The van der Waals surface area contributed by atoms with Gasteiger partial charge in [-0.05, 0) is 24.3 Å². The molecule has 0 radical (unpaired) electrons. The molecule has 0 spiro atoms. The highest BCUT2D eigenvalue weighted by Crippen LogP contribution is 2.18. The lowest BCUT2D eigenvalue weighted by atomic mass is 10.3. The van der Waals surface area contributed by atoms with E-state index in [1.54, 1.807) is 12.1 Å². The van der Waals surface area contributed by atoms with Crippen LogP contribution in [-0.4, -0.2) is 28.3 Å². The predicted octanol–water partition coefficient (Wildman–Crippen LogP) is 2.24. The number of anilines is 2. The lowest BCUT2D eigenvalue weighted by Gasteiger charge is -2.07. The summed E-state index contributed by atoms with van der Waals surface area (Å²) >= 11 is 5.69. The van der Waals surface area contributed by atoms with E-state index in [-0.39, 0.29) is 13.2 Å². The lowest BCUT2D eigenvalue weighted by molar-refractivity contribution is 0.201. The maximum absolute atomic E-state index is 8.63. The molecule has 94 valence electrons. The molecule has 1 heterocycles. The summed E-state index contributed by atoms with van der Waals surface area (Å²) < 4.78 is 5.25. The van der Waals surface area contributed by atoms with Crippen molar-refractivity contribution in [2.45, 2.75) is 0 Å². The molecule has 6 heteroatoms. The summed E-state index contributed by atoms with van der Waals surface area (Å²) in [6, 6.07) is 7.27. The Balaban J connectivity index is 1.99. The quantitative estimate of drug-likeness (QED) is 0.868. The number of aliphatic hydroxyl groups excluding tert-OH is 1. The summed E-state index contributed by atoms with van der Waals surface area (Å²) in [5.41, 5.74) is 0.841. The molecule has 2 aromatic rings. The van der Waals surface area contributed by atoms with Crippen molar-refractivity contribution >= 4 is 23.2 Å². The molecule has 0 fully saturated rings. The van der Waals surface area contributed by atoms with Gasteiger partial charge in [-0.3, -0.25) is 0 Å². The maximum atomic E-state index is 8.63. The van der Waals surface area contributed by atoms with Crippen molar-refractivity contribution in [1.82, 2.24) is 9.97 Å². The summed E-state index contributed by atoms with van der Waals surface area (Å²) in [4.78, 5) is 8.05. The highest BCUT2D eigenvalue weighted by molar-refractivity contribution is 6.30. The fraction of sp³-hybridized carbons (Fsp3) is 0.167. The van der Waals surface area contributed by atoms with Gasteiger partial charge in [0.15, 0.2) is 0 Å². The molecule has 0 atom stereocenters. The molecular weight excluding hydrogens is 254 g/mol. The highest BCUT2D eigenvalue weighted by Gasteiger charge is 1.98. The number of hydrogen-bond acceptors (Lipinski definition) is 5. The Morgan fingerprint density at radius 1 is 1.17 bits per heavy atom. The van der Waals surface area contributed by atoms with Crippen LogP contribution in [0.3, 0.4) is 0 Å². The molecule has 0 aliphatic rings. The second-order valence-electron chi connectivity index (χ2n) is 3.45. The topological polar surface area (TPSA) is 67.3 Å². The molecular formula is C12H12ClN3O2. The van der Waals surface area contributed by atoms with Crippen molar-refractivity contribution in [3.05, 3.63) is 41.7 Å². The zero-order valence-electron chi connectivity index (χ0n) is 9.51. The van der Waals surface area contributed by atoms with E-state index < -0.39 is 0 Å². The van der Waals surface area contributed by atoms with Crippen molar-refractivity contribution in [2.75, 3.05) is 18.5 Å². The van der Waals surface area contributed by atoms with E-state index in [4.69, 9.17) is 21.4 Å². The van der Waals surface area contributed by atoms with Crippen molar-refractivity contribution < 1.29 is 9.84 Å². The molecule has 5 nitrogen and oxygen atoms in total. The number of benzene rings is 1. The van der Waals surface area contributed by atoms with Gasteiger partial charge in [-0.2, -0.15) is 0 Å². The monoisotopic (exact) mass is 265 g/mol. The van der Waals surface area contributed by atoms with Crippen LogP contribution in [-0.2, 0) is 0 Å². The largest absolute Gasteiger partial charge is 0.491 e. The van der Waals surface area contributed by atoms with Gasteiger partial charge in [0.25, 0.3) is 0 Å². The van der Waals surface area contributed by atoms with Gasteiger partial charge < -0.3 is 15.2 Å². The normalized spacial score (nSPS) is 10.1. The maximum Gasteiger partial charge on any atom is 0.227 e. The van der Waals surface area contributed by atoms with Gasteiger partial charge in [-0.25, -0.2) is 9.97 Å². The van der Waals surface area contributed by atoms with Crippen LogP contribution in [0.25, 0.3) is 0 Å². The van der Waals surface area contributed by atoms with E-state index in [0.717, 1.165) is 5.69 Å². The summed E-state index contributed by atoms with van der Waals surface area (Å²) in [7, 11) is 0. The van der Waals surface area contributed by atoms with E-state index in [1.807, 2.05) is 12.1 Å². The van der Waals surface area contributed by atoms with Crippen LogP contribution < -0.4 is 10.1 Å². The summed E-state index contributed by atoms with van der Waals surface area (Å²) in [6.07, 6.45) is 3.05. The van der Waals surface area contributed by atoms with Gasteiger partial charge in [0, 0.05) is 5.69 Å². The number of aromatic nitrogens is 2. The van der Waals surface area contributed by atoms with Crippen molar-refractivity contribution in [2.24, 2.45) is 0 Å². The Bertz CT molecular complexity index is 488. The van der Waals surface area contributed by atoms with Gasteiger partial charge in [-0.15, -0.1) is 0 Å². The van der Waals surface area contributed by atoms with Crippen LogP contribution in [0.15, 0.2) is 36.7 Å². The van der Waals surface area contributed by atoms with Crippen molar-refractivity contribution in [3.8, 4) is 5.75 Å². The molecule has 2 N–H and O–H groups in total. The zero-order valence-corrected chi connectivity index (χ0v) is 10.3. The molecule has 0 aliphatic heterocycles. The number of nitrogens with zero attached hydrogens (tertiary/aromatic N) is 2. The van der Waals surface area contributed by atoms with Crippen LogP contribution in [0.1, 0.15) is 0 Å². The van der Waals surface area contributed by atoms with E-state index in [1.165, 1.54) is 12.4 Å². The molecule has 0 unspecified atom stereocenters. The van der Waals surface area contributed by atoms with Crippen molar-refractivity contribution in [3.63, 3.8) is 0 Å². The number of ether oxygens (including phenoxy) is 1. The van der Waals surface area contributed by atoms with Gasteiger partial charge in [0.05, 0.1) is 24.0 Å². The summed E-state index contributed by atoms with van der Waals surface area (Å²) in [6.45, 7) is 0.283. The predicted molar refractivity (Wildman–Crippen MR) is 69.3 cm³/mol. The Kier molecular flexibility index (Phi) is 4.33. The molecule has 0 bridgehead atoms. The fourth-order valence-corrected chi connectivity index (χ4v) is 1.40. The van der Waals surface area contributed by atoms with Crippen LogP contribution in [0.2, 0.25) is 5.02 Å². The molecule has 0 aliphatic carbocycles. The van der Waals surface area contributed by atoms with Gasteiger partial charge >= 0.3 is 0 Å². The number of rotatable bonds is 5. The highest BCUT2D eigenvalue weighted by atomic mass is 35.5. The average Bonchev–Trinajstić information content (AvgIpc) is 2.41. The first-order chi connectivity index (χ1) is 8.78. The standard InChI is InChI=1S/C12H12ClN3O2/c13-9-7-14-12(15-8-9)16-10-1-3-11(4-2-10)18-6-5-17/h1-4,7-8,17H,5-6H2,(H,14,15,16). The lowest BCUT2D eigenvalue weighted by Crippen LogP contribution is -2.01. The van der Waals surface area contributed by atoms with E-state index in [0.29, 0.717) is 16.7 Å². The molecule has 0 amide bonds. The fourth-order valence-electron chi connectivity index (χ4n) is 1.30. The Morgan fingerprint density at radius 3 is 2.44 bits per heavy atom. The smallest absolute Gasteiger partial charge is 0.227 e. The first kappa shape index (κ1) is 12.6. The first-order valence-corrected chi connectivity index (χ1v) is 5.74. The third-order valence-corrected chi connectivity index (χ3v) is 2.29. The number of halogens is 1. The summed E-state index contributed by atoms with van der Waals surface area (Å²) in [5.74, 6) is 1.18. The van der Waals surface area contributed by atoms with Crippen LogP contribution in [0, 0.1) is 0 Å². The Hall–Kier alpha value is -1.85. The summed E-state index contributed by atoms with van der Waals surface area (Å²) in [5, 5.41) is 12.2. The number of aliphatic hydroxyl groups is 1. The molecule has 2 rings (SSSR count). The third kappa shape index (κ3) is 3.58. The molecule has 1 aromatic carbocycles. The minimum absolute atomic E-state index is 0.00137. The molecule has 18 heavy (non-hydrogen) atoms. The number of hydrogen-bond donors (Lipinski definition) is 2. The first-order valence-electron chi connectivity index (χ1n) is 5.36. The number of nitrogens with one attached hydrogen (secondary N) is 1. The van der Waals surface area contributed by atoms with Crippen molar-refractivity contribution in [1.29, 1.82) is 0 Å². The SMILES string of the molecule is OCCOc1ccc(Nc2ncc(Cl)cn2)cc1. The molecule has 1 aromatic heterocycles. The minimum Gasteiger partial charge on any atom is -0.491 e. The second kappa shape index (κ2) is 6.18.